The van der Waals surface area contributed by atoms with Crippen molar-refractivity contribution in [3.05, 3.63) is 35.4 Å². The first-order valence-electron chi connectivity index (χ1n) is 11.9. The average molecular weight is 411 g/mol. The Balaban J connectivity index is 1.16. The maximum atomic E-state index is 12.9. The summed E-state index contributed by atoms with van der Waals surface area (Å²) < 4.78 is 5.31. The van der Waals surface area contributed by atoms with Gasteiger partial charge in [-0.2, -0.15) is 0 Å². The molecule has 30 heavy (non-hydrogen) atoms. The summed E-state index contributed by atoms with van der Waals surface area (Å²) in [6.45, 7) is 5.50. The van der Waals surface area contributed by atoms with Crippen molar-refractivity contribution in [2.75, 3.05) is 32.8 Å². The summed E-state index contributed by atoms with van der Waals surface area (Å²) in [5, 5.41) is 0. The molecule has 2 heterocycles. The summed E-state index contributed by atoms with van der Waals surface area (Å²) >= 11 is 0. The smallest absolute Gasteiger partial charge is 0.253 e. The number of ether oxygens (including phenoxy) is 1. The SMILES string of the molecule is CC1CC2CCC(c3ccc(C(=O)N4CCN(C(=O)C5CCO5)CC4)cc3)CC2C1. The van der Waals surface area contributed by atoms with Gasteiger partial charge in [0.15, 0.2) is 0 Å². The van der Waals surface area contributed by atoms with E-state index in [0.717, 1.165) is 29.7 Å². The van der Waals surface area contributed by atoms with Crippen molar-refractivity contribution in [2.45, 2.75) is 57.5 Å². The van der Waals surface area contributed by atoms with E-state index in [2.05, 4.69) is 19.1 Å². The van der Waals surface area contributed by atoms with Crippen molar-refractivity contribution in [3.8, 4) is 0 Å². The van der Waals surface area contributed by atoms with Crippen molar-refractivity contribution in [1.29, 1.82) is 0 Å². The summed E-state index contributed by atoms with van der Waals surface area (Å²) in [7, 11) is 0. The van der Waals surface area contributed by atoms with E-state index in [1.54, 1.807) is 0 Å². The van der Waals surface area contributed by atoms with E-state index >= 15 is 0 Å². The maximum absolute atomic E-state index is 12.9. The number of benzene rings is 1. The molecule has 5 atom stereocenters. The Bertz CT molecular complexity index is 780. The van der Waals surface area contributed by atoms with Gasteiger partial charge in [-0.05, 0) is 73.5 Å². The lowest BCUT2D eigenvalue weighted by molar-refractivity contribution is -0.157. The second-order valence-electron chi connectivity index (χ2n) is 9.99. The molecule has 0 N–H and O–H groups in total. The molecule has 4 fully saturated rings. The normalized spacial score (nSPS) is 33.7. The molecule has 5 nitrogen and oxygen atoms in total. The number of rotatable bonds is 3. The molecule has 1 aromatic rings. The number of nitrogens with zero attached hydrogens (tertiary/aromatic N) is 2. The average Bonchev–Trinajstić information content (AvgIpc) is 3.11. The summed E-state index contributed by atoms with van der Waals surface area (Å²) in [6.07, 6.45) is 7.39. The van der Waals surface area contributed by atoms with Gasteiger partial charge < -0.3 is 14.5 Å². The van der Waals surface area contributed by atoms with E-state index in [9.17, 15) is 9.59 Å². The first-order chi connectivity index (χ1) is 14.6. The molecule has 2 aliphatic heterocycles. The highest BCUT2D eigenvalue weighted by Crippen LogP contribution is 2.49. The van der Waals surface area contributed by atoms with Crippen LogP contribution in [-0.4, -0.2) is 60.5 Å². The highest BCUT2D eigenvalue weighted by atomic mass is 16.5. The van der Waals surface area contributed by atoms with Crippen molar-refractivity contribution >= 4 is 11.8 Å². The van der Waals surface area contributed by atoms with Gasteiger partial charge in [0.2, 0.25) is 0 Å². The van der Waals surface area contributed by atoms with Crippen LogP contribution in [0.25, 0.3) is 0 Å². The molecule has 0 aromatic heterocycles. The molecular formula is C25H34N2O3. The Morgan fingerprint density at radius 2 is 1.53 bits per heavy atom. The van der Waals surface area contributed by atoms with Gasteiger partial charge in [0.1, 0.15) is 6.10 Å². The Morgan fingerprint density at radius 3 is 2.20 bits per heavy atom. The van der Waals surface area contributed by atoms with Crippen LogP contribution in [0.3, 0.4) is 0 Å². The van der Waals surface area contributed by atoms with Crippen molar-refractivity contribution in [3.63, 3.8) is 0 Å². The molecule has 1 aromatic carbocycles. The third-order valence-electron chi connectivity index (χ3n) is 8.03. The zero-order valence-electron chi connectivity index (χ0n) is 18.1. The molecule has 2 saturated heterocycles. The van der Waals surface area contributed by atoms with E-state index in [1.165, 1.54) is 37.7 Å². The standard InChI is InChI=1S/C25H34N2O3/c1-17-14-20-6-7-21(16-22(20)15-17)18-2-4-19(5-3-18)24(28)26-9-11-27(12-10-26)25(29)23-8-13-30-23/h2-5,17,20-23H,6-16H2,1H3. The lowest BCUT2D eigenvalue weighted by atomic mass is 9.73. The number of hydrogen-bond acceptors (Lipinski definition) is 3. The number of carbonyl (C=O) groups is 2. The van der Waals surface area contributed by atoms with Crippen molar-refractivity contribution in [2.24, 2.45) is 17.8 Å². The molecule has 0 radical (unpaired) electrons. The van der Waals surface area contributed by atoms with E-state index < -0.39 is 0 Å². The number of fused-ring (bicyclic) bond motifs is 1. The molecule has 0 bridgehead atoms. The van der Waals surface area contributed by atoms with Gasteiger partial charge in [0.05, 0.1) is 6.61 Å². The lowest BCUT2D eigenvalue weighted by Crippen LogP contribution is -2.54. The van der Waals surface area contributed by atoms with Crippen molar-refractivity contribution < 1.29 is 14.3 Å². The monoisotopic (exact) mass is 410 g/mol. The second kappa shape index (κ2) is 8.33. The Hall–Kier alpha value is -1.88. The van der Waals surface area contributed by atoms with Crippen LogP contribution >= 0.6 is 0 Å². The van der Waals surface area contributed by atoms with Crippen LogP contribution in [0, 0.1) is 17.8 Å². The number of hydrogen-bond donors (Lipinski definition) is 0. The maximum Gasteiger partial charge on any atom is 0.253 e. The van der Waals surface area contributed by atoms with Crippen molar-refractivity contribution in [1.82, 2.24) is 9.80 Å². The minimum Gasteiger partial charge on any atom is -0.368 e. The summed E-state index contributed by atoms with van der Waals surface area (Å²) in [5.74, 6) is 3.59. The molecule has 5 unspecified atom stereocenters. The second-order valence-corrected chi connectivity index (χ2v) is 9.99. The Morgan fingerprint density at radius 1 is 0.867 bits per heavy atom. The van der Waals surface area contributed by atoms with Gasteiger partial charge in [0.25, 0.3) is 11.8 Å². The molecule has 5 heteroatoms. The minimum absolute atomic E-state index is 0.0851. The van der Waals surface area contributed by atoms with Gasteiger partial charge in [-0.25, -0.2) is 0 Å². The van der Waals surface area contributed by atoms with Gasteiger partial charge in [-0.3, -0.25) is 9.59 Å². The summed E-state index contributed by atoms with van der Waals surface area (Å²) in [4.78, 5) is 29.0. The Kier molecular flexibility index (Phi) is 5.57. The zero-order chi connectivity index (χ0) is 20.7. The van der Waals surface area contributed by atoms with Gasteiger partial charge in [-0.1, -0.05) is 19.1 Å². The third-order valence-corrected chi connectivity index (χ3v) is 8.03. The number of amides is 2. The molecule has 162 valence electrons. The Labute approximate surface area is 179 Å². The fourth-order valence-corrected chi connectivity index (χ4v) is 6.20. The van der Waals surface area contributed by atoms with Crippen LogP contribution in [0.2, 0.25) is 0 Å². The summed E-state index contributed by atoms with van der Waals surface area (Å²) in [6, 6.07) is 8.40. The van der Waals surface area contributed by atoms with Gasteiger partial charge in [0, 0.05) is 38.2 Å². The van der Waals surface area contributed by atoms with Crippen LogP contribution < -0.4 is 0 Å². The molecular weight excluding hydrogens is 376 g/mol. The molecule has 4 aliphatic rings. The van der Waals surface area contributed by atoms with Crippen LogP contribution in [0.1, 0.15) is 67.3 Å². The third kappa shape index (κ3) is 3.89. The van der Waals surface area contributed by atoms with E-state index in [4.69, 9.17) is 4.74 Å². The predicted molar refractivity (Wildman–Crippen MR) is 115 cm³/mol. The number of carbonyl (C=O) groups excluding carboxylic acids is 2. The van der Waals surface area contributed by atoms with Crippen LogP contribution in [0.4, 0.5) is 0 Å². The molecule has 2 saturated carbocycles. The van der Waals surface area contributed by atoms with Gasteiger partial charge >= 0.3 is 0 Å². The first-order valence-corrected chi connectivity index (χ1v) is 11.9. The van der Waals surface area contributed by atoms with Crippen LogP contribution in [0.5, 0.6) is 0 Å². The van der Waals surface area contributed by atoms with Crippen LogP contribution in [-0.2, 0) is 9.53 Å². The molecule has 2 aliphatic carbocycles. The molecule has 5 rings (SSSR count). The zero-order valence-corrected chi connectivity index (χ0v) is 18.1. The minimum atomic E-state index is -0.248. The predicted octanol–water partition coefficient (Wildman–Crippen LogP) is 3.69. The first kappa shape index (κ1) is 20.0. The molecule has 0 spiro atoms. The highest BCUT2D eigenvalue weighted by Gasteiger charge is 2.37. The highest BCUT2D eigenvalue weighted by molar-refractivity contribution is 5.94. The van der Waals surface area contributed by atoms with Crippen LogP contribution in [0.15, 0.2) is 24.3 Å². The van der Waals surface area contributed by atoms with Gasteiger partial charge in [-0.15, -0.1) is 0 Å². The fourth-order valence-electron chi connectivity index (χ4n) is 6.20. The summed E-state index contributed by atoms with van der Waals surface area (Å²) in [5.41, 5.74) is 2.17. The quantitative estimate of drug-likeness (QED) is 0.764. The van der Waals surface area contributed by atoms with E-state index in [-0.39, 0.29) is 17.9 Å². The lowest BCUT2D eigenvalue weighted by Gasteiger charge is -2.38. The van der Waals surface area contributed by atoms with E-state index in [0.29, 0.717) is 38.7 Å². The topological polar surface area (TPSA) is 49.9 Å². The largest absolute Gasteiger partial charge is 0.368 e. The number of piperazine rings is 1. The van der Waals surface area contributed by atoms with E-state index in [1.807, 2.05) is 21.9 Å². The molecule has 2 amide bonds. The fraction of sp³-hybridized carbons (Fsp3) is 0.680.